The van der Waals surface area contributed by atoms with Crippen molar-refractivity contribution in [2.75, 3.05) is 5.32 Å². The second-order valence-corrected chi connectivity index (χ2v) is 5.14. The van der Waals surface area contributed by atoms with Gasteiger partial charge in [0.25, 0.3) is 5.91 Å². The number of nitrogens with one attached hydrogen (secondary N) is 1. The average molecular weight is 320 g/mol. The molecule has 0 unspecified atom stereocenters. The molecule has 2 aromatic heterocycles. The lowest BCUT2D eigenvalue weighted by molar-refractivity contribution is 0.102. The van der Waals surface area contributed by atoms with Gasteiger partial charge in [-0.1, -0.05) is 24.3 Å². The summed E-state index contributed by atoms with van der Waals surface area (Å²) in [7, 11) is 0. The van der Waals surface area contributed by atoms with Crippen LogP contribution in [0.4, 0.5) is 5.69 Å². The van der Waals surface area contributed by atoms with Gasteiger partial charge in [0.1, 0.15) is 11.4 Å². The third kappa shape index (κ3) is 3.55. The Labute approximate surface area is 139 Å². The molecule has 6 nitrogen and oxygen atoms in total. The Balaban J connectivity index is 1.81. The number of para-hydroxylation sites is 1. The SMILES string of the molecule is Cc1nc(Oc2ccccc2)nc(C)c1NC(=O)c1ccccn1. The highest BCUT2D eigenvalue weighted by Crippen LogP contribution is 2.23. The smallest absolute Gasteiger partial charge is 0.322 e. The minimum absolute atomic E-state index is 0.243. The number of ether oxygens (including phenoxy) is 1. The quantitative estimate of drug-likeness (QED) is 0.795. The first-order valence-electron chi connectivity index (χ1n) is 7.44. The summed E-state index contributed by atoms with van der Waals surface area (Å²) in [6.45, 7) is 3.58. The van der Waals surface area contributed by atoms with Crippen LogP contribution in [0.2, 0.25) is 0 Å². The molecule has 1 N–H and O–H groups in total. The second-order valence-electron chi connectivity index (χ2n) is 5.14. The molecular formula is C18H16N4O2. The van der Waals surface area contributed by atoms with E-state index in [1.54, 1.807) is 38.2 Å². The molecule has 120 valence electrons. The standard InChI is InChI=1S/C18H16N4O2/c1-12-16(22-17(23)15-10-6-7-11-19-15)13(2)21-18(20-12)24-14-8-4-3-5-9-14/h3-11H,1-2H3,(H,22,23). The summed E-state index contributed by atoms with van der Waals surface area (Å²) in [5.74, 6) is 0.351. The molecule has 3 rings (SSSR count). The molecule has 0 aliphatic carbocycles. The summed E-state index contributed by atoms with van der Waals surface area (Å²) >= 11 is 0. The molecular weight excluding hydrogens is 304 g/mol. The molecule has 6 heteroatoms. The lowest BCUT2D eigenvalue weighted by atomic mass is 10.2. The van der Waals surface area contributed by atoms with E-state index in [0.29, 0.717) is 28.5 Å². The number of aromatic nitrogens is 3. The highest BCUT2D eigenvalue weighted by atomic mass is 16.5. The number of benzene rings is 1. The number of pyridine rings is 1. The van der Waals surface area contributed by atoms with E-state index < -0.39 is 0 Å². The van der Waals surface area contributed by atoms with Crippen molar-refractivity contribution >= 4 is 11.6 Å². The van der Waals surface area contributed by atoms with Gasteiger partial charge in [-0.3, -0.25) is 9.78 Å². The van der Waals surface area contributed by atoms with E-state index in [2.05, 4.69) is 20.3 Å². The Morgan fingerprint density at radius 2 is 1.62 bits per heavy atom. The molecule has 0 bridgehead atoms. The van der Waals surface area contributed by atoms with Crippen LogP contribution in [0.1, 0.15) is 21.9 Å². The molecule has 3 aromatic rings. The van der Waals surface area contributed by atoms with Crippen molar-refractivity contribution in [3.63, 3.8) is 0 Å². The van der Waals surface area contributed by atoms with Crippen molar-refractivity contribution in [2.45, 2.75) is 13.8 Å². The van der Waals surface area contributed by atoms with Crippen molar-refractivity contribution in [1.82, 2.24) is 15.0 Å². The number of hydrogen-bond donors (Lipinski definition) is 1. The number of nitrogens with zero attached hydrogens (tertiary/aromatic N) is 3. The maximum absolute atomic E-state index is 12.2. The fraction of sp³-hybridized carbons (Fsp3) is 0.111. The number of rotatable bonds is 4. The lowest BCUT2D eigenvalue weighted by Gasteiger charge is -2.12. The van der Waals surface area contributed by atoms with Gasteiger partial charge in [0, 0.05) is 6.20 Å². The van der Waals surface area contributed by atoms with Crippen molar-refractivity contribution < 1.29 is 9.53 Å². The Kier molecular flexibility index (Phi) is 4.47. The van der Waals surface area contributed by atoms with E-state index in [9.17, 15) is 4.79 Å². The van der Waals surface area contributed by atoms with Gasteiger partial charge >= 0.3 is 6.01 Å². The highest BCUT2D eigenvalue weighted by molar-refractivity contribution is 6.03. The van der Waals surface area contributed by atoms with Crippen molar-refractivity contribution in [3.05, 3.63) is 71.8 Å². The van der Waals surface area contributed by atoms with E-state index in [-0.39, 0.29) is 11.9 Å². The van der Waals surface area contributed by atoms with Crippen LogP contribution in [0.5, 0.6) is 11.8 Å². The molecule has 1 aromatic carbocycles. The van der Waals surface area contributed by atoms with Gasteiger partial charge in [-0.15, -0.1) is 0 Å². The largest absolute Gasteiger partial charge is 0.424 e. The fourth-order valence-corrected chi connectivity index (χ4v) is 2.18. The highest BCUT2D eigenvalue weighted by Gasteiger charge is 2.14. The van der Waals surface area contributed by atoms with Gasteiger partial charge in [-0.05, 0) is 38.1 Å². The maximum Gasteiger partial charge on any atom is 0.322 e. The Morgan fingerprint density at radius 1 is 0.958 bits per heavy atom. The van der Waals surface area contributed by atoms with Crippen molar-refractivity contribution in [3.8, 4) is 11.8 Å². The van der Waals surface area contributed by atoms with Crippen LogP contribution >= 0.6 is 0 Å². The van der Waals surface area contributed by atoms with Gasteiger partial charge in [-0.2, -0.15) is 9.97 Å². The summed E-state index contributed by atoms with van der Waals surface area (Å²) in [4.78, 5) is 24.9. The van der Waals surface area contributed by atoms with Crippen LogP contribution in [0.3, 0.4) is 0 Å². The monoisotopic (exact) mass is 320 g/mol. The summed E-state index contributed by atoms with van der Waals surface area (Å²) in [5, 5.41) is 2.80. The third-order valence-electron chi connectivity index (χ3n) is 3.34. The third-order valence-corrected chi connectivity index (χ3v) is 3.34. The molecule has 0 aliphatic rings. The van der Waals surface area contributed by atoms with Crippen LogP contribution < -0.4 is 10.1 Å². The van der Waals surface area contributed by atoms with E-state index in [1.807, 2.05) is 30.3 Å². The molecule has 0 saturated heterocycles. The zero-order valence-electron chi connectivity index (χ0n) is 13.4. The number of amides is 1. The van der Waals surface area contributed by atoms with Crippen LogP contribution in [0.25, 0.3) is 0 Å². The maximum atomic E-state index is 12.2. The van der Waals surface area contributed by atoms with Gasteiger partial charge in [0.2, 0.25) is 0 Å². The van der Waals surface area contributed by atoms with Gasteiger partial charge in [0.05, 0.1) is 17.1 Å². The number of anilines is 1. The molecule has 0 fully saturated rings. The van der Waals surface area contributed by atoms with Crippen molar-refractivity contribution in [1.29, 1.82) is 0 Å². The summed E-state index contributed by atoms with van der Waals surface area (Å²) in [6, 6.07) is 14.7. The zero-order chi connectivity index (χ0) is 16.9. The molecule has 0 atom stereocenters. The first kappa shape index (κ1) is 15.6. The van der Waals surface area contributed by atoms with Crippen molar-refractivity contribution in [2.24, 2.45) is 0 Å². The Hall–Kier alpha value is -3.28. The zero-order valence-corrected chi connectivity index (χ0v) is 13.4. The van der Waals surface area contributed by atoms with Gasteiger partial charge in [-0.25, -0.2) is 0 Å². The predicted molar refractivity (Wildman–Crippen MR) is 90.2 cm³/mol. The number of carbonyl (C=O) groups is 1. The van der Waals surface area contributed by atoms with Gasteiger partial charge in [0.15, 0.2) is 0 Å². The molecule has 0 spiro atoms. The number of aryl methyl sites for hydroxylation is 2. The van der Waals surface area contributed by atoms with E-state index in [4.69, 9.17) is 4.74 Å². The Bertz CT molecular complexity index is 828. The fourth-order valence-electron chi connectivity index (χ4n) is 2.18. The molecule has 0 saturated carbocycles. The van der Waals surface area contributed by atoms with Gasteiger partial charge < -0.3 is 10.1 Å². The van der Waals surface area contributed by atoms with Crippen LogP contribution in [0, 0.1) is 13.8 Å². The van der Waals surface area contributed by atoms with E-state index in [0.717, 1.165) is 0 Å². The molecule has 24 heavy (non-hydrogen) atoms. The summed E-state index contributed by atoms with van der Waals surface area (Å²) in [5.41, 5.74) is 2.14. The molecule has 1 amide bonds. The first-order chi connectivity index (χ1) is 11.6. The van der Waals surface area contributed by atoms with E-state index >= 15 is 0 Å². The summed E-state index contributed by atoms with van der Waals surface area (Å²) < 4.78 is 5.64. The average Bonchev–Trinajstić information content (AvgIpc) is 2.59. The Morgan fingerprint density at radius 3 is 2.25 bits per heavy atom. The lowest BCUT2D eigenvalue weighted by Crippen LogP contribution is -2.16. The van der Waals surface area contributed by atoms with E-state index in [1.165, 1.54) is 0 Å². The van der Waals surface area contributed by atoms with Crippen LogP contribution in [-0.2, 0) is 0 Å². The normalized spacial score (nSPS) is 10.2. The summed E-state index contributed by atoms with van der Waals surface area (Å²) in [6.07, 6.45) is 1.57. The topological polar surface area (TPSA) is 77.0 Å². The number of hydrogen-bond acceptors (Lipinski definition) is 5. The van der Waals surface area contributed by atoms with Crippen LogP contribution in [-0.4, -0.2) is 20.9 Å². The number of carbonyl (C=O) groups excluding carboxylic acids is 1. The molecule has 2 heterocycles. The second kappa shape index (κ2) is 6.87. The predicted octanol–water partition coefficient (Wildman–Crippen LogP) is 3.53. The minimum Gasteiger partial charge on any atom is -0.424 e. The first-order valence-corrected chi connectivity index (χ1v) is 7.44. The molecule has 0 radical (unpaired) electrons. The minimum atomic E-state index is -0.304. The van der Waals surface area contributed by atoms with Crippen LogP contribution in [0.15, 0.2) is 54.7 Å². The molecule has 0 aliphatic heterocycles.